The Morgan fingerprint density at radius 2 is 2.35 bits per heavy atom. The van der Waals surface area contributed by atoms with Gasteiger partial charge in [-0.05, 0) is 36.6 Å². The number of hydrogen-bond donors (Lipinski definition) is 2. The van der Waals surface area contributed by atoms with Gasteiger partial charge >= 0.3 is 0 Å². The van der Waals surface area contributed by atoms with Crippen molar-refractivity contribution >= 4 is 17.2 Å². The highest BCUT2D eigenvalue weighted by atomic mass is 32.1. The largest absolute Gasteiger partial charge is 0.493 e. The number of hydrogen-bond acceptors (Lipinski definition) is 5. The van der Waals surface area contributed by atoms with E-state index >= 15 is 0 Å². The number of ether oxygens (including phenoxy) is 1. The molecule has 1 aliphatic rings. The van der Waals surface area contributed by atoms with E-state index in [2.05, 4.69) is 16.5 Å². The second kappa shape index (κ2) is 4.35. The van der Waals surface area contributed by atoms with Crippen molar-refractivity contribution < 1.29 is 4.74 Å². The van der Waals surface area contributed by atoms with Crippen LogP contribution in [0.15, 0.2) is 23.6 Å². The summed E-state index contributed by atoms with van der Waals surface area (Å²) >= 11 is 1.58. The van der Waals surface area contributed by atoms with Crippen LogP contribution in [0.1, 0.15) is 12.0 Å². The molecule has 2 aromatic rings. The Bertz CT molecular complexity index is 538. The molecule has 17 heavy (non-hydrogen) atoms. The molecule has 1 aliphatic heterocycles. The molecular weight excluding hydrogens is 234 g/mol. The number of aromatic nitrogens is 1. The minimum Gasteiger partial charge on any atom is -0.493 e. The number of nitrogen functional groups attached to an aromatic ring is 1. The van der Waals surface area contributed by atoms with Crippen molar-refractivity contribution in [1.29, 1.82) is 0 Å². The summed E-state index contributed by atoms with van der Waals surface area (Å²) in [5, 5.41) is 2.89. The van der Waals surface area contributed by atoms with Crippen molar-refractivity contribution in [2.24, 2.45) is 5.84 Å². The maximum atomic E-state index is 5.59. The fraction of sp³-hybridized carbons (Fsp3) is 0.250. The number of thiazole rings is 1. The molecule has 3 rings (SSSR count). The summed E-state index contributed by atoms with van der Waals surface area (Å²) in [4.78, 5) is 4.39. The van der Waals surface area contributed by atoms with Gasteiger partial charge in [0.1, 0.15) is 10.8 Å². The summed E-state index contributed by atoms with van der Waals surface area (Å²) in [7, 11) is 0. The Kier molecular flexibility index (Phi) is 2.70. The summed E-state index contributed by atoms with van der Waals surface area (Å²) in [5.41, 5.74) is 4.95. The van der Waals surface area contributed by atoms with Crippen LogP contribution >= 0.6 is 11.3 Å². The van der Waals surface area contributed by atoms with Gasteiger partial charge in [-0.3, -0.25) is 0 Å². The molecule has 0 radical (unpaired) electrons. The van der Waals surface area contributed by atoms with E-state index in [1.165, 1.54) is 5.56 Å². The molecule has 0 atom stereocenters. The third-order valence-corrected chi connectivity index (χ3v) is 3.70. The molecule has 0 fully saturated rings. The van der Waals surface area contributed by atoms with Crippen LogP contribution < -0.4 is 16.0 Å². The second-order valence-corrected chi connectivity index (χ2v) is 4.81. The highest BCUT2D eigenvalue weighted by Gasteiger charge is 2.12. The average Bonchev–Trinajstić information content (AvgIpc) is 2.87. The molecule has 0 saturated heterocycles. The first-order valence-electron chi connectivity index (χ1n) is 5.55. The van der Waals surface area contributed by atoms with Crippen molar-refractivity contribution in [2.75, 3.05) is 12.0 Å². The van der Waals surface area contributed by atoms with Gasteiger partial charge in [0.15, 0.2) is 5.82 Å². The van der Waals surface area contributed by atoms with Gasteiger partial charge < -0.3 is 10.2 Å². The van der Waals surface area contributed by atoms with Gasteiger partial charge in [0.2, 0.25) is 0 Å². The lowest BCUT2D eigenvalue weighted by Gasteiger charge is -2.17. The van der Waals surface area contributed by atoms with Crippen LogP contribution in [0.5, 0.6) is 5.75 Å². The van der Waals surface area contributed by atoms with Crippen molar-refractivity contribution in [3.05, 3.63) is 29.1 Å². The number of hydrazine groups is 1. The molecule has 5 heteroatoms. The lowest BCUT2D eigenvalue weighted by molar-refractivity contribution is 0.288. The number of nitrogens with two attached hydrogens (primary N) is 1. The fourth-order valence-electron chi connectivity index (χ4n) is 1.97. The maximum absolute atomic E-state index is 5.59. The summed E-state index contributed by atoms with van der Waals surface area (Å²) in [5.74, 6) is 7.04. The molecule has 3 N–H and O–H groups in total. The van der Waals surface area contributed by atoms with Crippen molar-refractivity contribution in [3.8, 4) is 16.3 Å². The Labute approximate surface area is 103 Å². The zero-order chi connectivity index (χ0) is 11.7. The number of aryl methyl sites for hydroxylation is 1. The number of nitrogens with one attached hydrogen (secondary N) is 1. The van der Waals surface area contributed by atoms with E-state index < -0.39 is 0 Å². The smallest absolute Gasteiger partial charge is 0.151 e. The molecule has 0 bridgehead atoms. The number of fused-ring (bicyclic) bond motifs is 1. The minimum absolute atomic E-state index is 0.707. The van der Waals surface area contributed by atoms with Gasteiger partial charge in [-0.25, -0.2) is 10.8 Å². The van der Waals surface area contributed by atoms with E-state index in [1.54, 1.807) is 11.3 Å². The summed E-state index contributed by atoms with van der Waals surface area (Å²) < 4.78 is 5.59. The van der Waals surface area contributed by atoms with Crippen LogP contribution in [0, 0.1) is 0 Å². The first-order valence-corrected chi connectivity index (χ1v) is 6.43. The molecule has 1 aromatic carbocycles. The molecule has 0 saturated carbocycles. The number of anilines is 1. The third kappa shape index (κ3) is 1.99. The van der Waals surface area contributed by atoms with Crippen LogP contribution in [0.4, 0.5) is 5.82 Å². The molecule has 4 nitrogen and oxygen atoms in total. The molecule has 0 amide bonds. The quantitative estimate of drug-likeness (QED) is 0.632. The zero-order valence-electron chi connectivity index (χ0n) is 9.27. The fourth-order valence-corrected chi connectivity index (χ4v) is 2.72. The second-order valence-electron chi connectivity index (χ2n) is 3.96. The van der Waals surface area contributed by atoms with Gasteiger partial charge in [0, 0.05) is 10.9 Å². The van der Waals surface area contributed by atoms with Crippen LogP contribution in [0.3, 0.4) is 0 Å². The highest BCUT2D eigenvalue weighted by Crippen LogP contribution is 2.32. The van der Waals surface area contributed by atoms with Gasteiger partial charge in [0.25, 0.3) is 0 Å². The van der Waals surface area contributed by atoms with Crippen LogP contribution in [-0.2, 0) is 6.42 Å². The lowest BCUT2D eigenvalue weighted by Crippen LogP contribution is -2.08. The van der Waals surface area contributed by atoms with E-state index in [0.717, 1.165) is 35.8 Å². The maximum Gasteiger partial charge on any atom is 0.151 e. The third-order valence-electron chi connectivity index (χ3n) is 2.81. The monoisotopic (exact) mass is 247 g/mol. The molecule has 1 aromatic heterocycles. The number of rotatable bonds is 2. The Morgan fingerprint density at radius 3 is 3.18 bits per heavy atom. The van der Waals surface area contributed by atoms with Gasteiger partial charge in [0.05, 0.1) is 6.61 Å². The standard InChI is InChI=1S/C12H13N3OS/c13-15-11-7-17-12(14-11)9-3-4-10-8(6-9)2-1-5-16-10/h3-4,6-7,15H,1-2,5,13H2. The van der Waals surface area contributed by atoms with Crippen molar-refractivity contribution in [2.45, 2.75) is 12.8 Å². The summed E-state index contributed by atoms with van der Waals surface area (Å²) in [6.45, 7) is 0.824. The van der Waals surface area contributed by atoms with Crippen LogP contribution in [0.25, 0.3) is 10.6 Å². The molecule has 2 heterocycles. The van der Waals surface area contributed by atoms with Crippen LogP contribution in [0.2, 0.25) is 0 Å². The van der Waals surface area contributed by atoms with E-state index in [9.17, 15) is 0 Å². The Balaban J connectivity index is 1.97. The average molecular weight is 247 g/mol. The van der Waals surface area contributed by atoms with Crippen molar-refractivity contribution in [3.63, 3.8) is 0 Å². The molecular formula is C12H13N3OS. The van der Waals surface area contributed by atoms with E-state index in [4.69, 9.17) is 10.6 Å². The Hall–Kier alpha value is -1.59. The highest BCUT2D eigenvalue weighted by molar-refractivity contribution is 7.13. The van der Waals surface area contributed by atoms with E-state index in [1.807, 2.05) is 17.5 Å². The predicted molar refractivity (Wildman–Crippen MR) is 69.2 cm³/mol. The number of benzene rings is 1. The lowest BCUT2D eigenvalue weighted by atomic mass is 10.0. The first-order chi connectivity index (χ1) is 8.36. The predicted octanol–water partition coefficient (Wildman–Crippen LogP) is 2.42. The topological polar surface area (TPSA) is 60.2 Å². The molecule has 0 aliphatic carbocycles. The van der Waals surface area contributed by atoms with E-state index in [0.29, 0.717) is 5.82 Å². The SMILES string of the molecule is NNc1csc(-c2ccc3c(c2)CCCO3)n1. The van der Waals surface area contributed by atoms with Gasteiger partial charge in [-0.1, -0.05) is 0 Å². The van der Waals surface area contributed by atoms with Gasteiger partial charge in [-0.2, -0.15) is 0 Å². The zero-order valence-corrected chi connectivity index (χ0v) is 10.1. The summed E-state index contributed by atoms with van der Waals surface area (Å²) in [6.07, 6.45) is 2.17. The van der Waals surface area contributed by atoms with E-state index in [-0.39, 0.29) is 0 Å². The summed E-state index contributed by atoms with van der Waals surface area (Å²) in [6, 6.07) is 6.23. The molecule has 0 unspecified atom stereocenters. The minimum atomic E-state index is 0.707. The van der Waals surface area contributed by atoms with Crippen LogP contribution in [-0.4, -0.2) is 11.6 Å². The first kappa shape index (κ1) is 10.6. The number of nitrogens with zero attached hydrogens (tertiary/aromatic N) is 1. The van der Waals surface area contributed by atoms with Crippen molar-refractivity contribution in [1.82, 2.24) is 4.98 Å². The normalized spacial score (nSPS) is 13.9. The Morgan fingerprint density at radius 1 is 1.41 bits per heavy atom. The molecule has 0 spiro atoms. The van der Waals surface area contributed by atoms with Gasteiger partial charge in [-0.15, -0.1) is 11.3 Å². The molecule has 88 valence electrons.